The summed E-state index contributed by atoms with van der Waals surface area (Å²) in [7, 11) is 3.87. The second kappa shape index (κ2) is 14.3. The number of nitrogens with one attached hydrogen (secondary N) is 3. The minimum atomic E-state index is -1.36. The maximum Gasteiger partial charge on any atom is 1.00 e. The first-order valence-electron chi connectivity index (χ1n) is 9.07. The smallest absolute Gasteiger partial charge is 0.548 e. The molecule has 2 heterocycles. The maximum absolute atomic E-state index is 11.9. The van der Waals surface area contributed by atoms with Gasteiger partial charge in [0.05, 0.1) is 18.3 Å². The Morgan fingerprint density at radius 1 is 1.29 bits per heavy atom. The number of imidazole rings is 1. The van der Waals surface area contributed by atoms with Crippen molar-refractivity contribution >= 4 is 39.4 Å². The molecule has 0 aliphatic carbocycles. The SMILES string of the molecule is O=C(CCCCC1CCSS1)NCCC(=O)NC(Cc1cnc[nH]1)C(=O)[O-].[Na+]. The third-order valence-electron chi connectivity index (χ3n) is 4.18. The Labute approximate surface area is 194 Å². The maximum atomic E-state index is 11.9. The van der Waals surface area contributed by atoms with Crippen LogP contribution in [0.4, 0.5) is 0 Å². The molecule has 2 amide bonds. The van der Waals surface area contributed by atoms with Crippen molar-refractivity contribution in [2.24, 2.45) is 0 Å². The van der Waals surface area contributed by atoms with E-state index in [1.807, 2.05) is 21.6 Å². The van der Waals surface area contributed by atoms with E-state index in [2.05, 4.69) is 20.6 Å². The third-order valence-corrected chi connectivity index (χ3v) is 7.19. The number of hydrogen-bond donors (Lipinski definition) is 3. The number of amides is 2. The first-order chi connectivity index (χ1) is 13.0. The fraction of sp³-hybridized carbons (Fsp3) is 0.647. The topological polar surface area (TPSA) is 127 Å². The van der Waals surface area contributed by atoms with Gasteiger partial charge in [0.15, 0.2) is 0 Å². The number of aromatic amines is 1. The Morgan fingerprint density at radius 2 is 2.11 bits per heavy atom. The molecule has 0 spiro atoms. The number of carboxylic acids is 1. The van der Waals surface area contributed by atoms with Crippen molar-refractivity contribution in [3.8, 4) is 0 Å². The number of aromatic nitrogens is 2. The first kappa shape index (κ1) is 25.4. The number of H-pyrrole nitrogens is 1. The number of aliphatic carboxylic acids is 1. The van der Waals surface area contributed by atoms with Crippen LogP contribution in [0, 0.1) is 0 Å². The zero-order valence-corrected chi connectivity index (χ0v) is 19.7. The number of rotatable bonds is 12. The van der Waals surface area contributed by atoms with Crippen molar-refractivity contribution in [3.05, 3.63) is 18.2 Å². The van der Waals surface area contributed by atoms with Gasteiger partial charge in [-0.1, -0.05) is 28.0 Å². The largest absolute Gasteiger partial charge is 1.00 e. The quantitative estimate of drug-likeness (QED) is 0.186. The van der Waals surface area contributed by atoms with Crippen LogP contribution in [0.2, 0.25) is 0 Å². The summed E-state index contributed by atoms with van der Waals surface area (Å²) in [5.74, 6) is -0.663. The van der Waals surface area contributed by atoms with Crippen molar-refractivity contribution < 1.29 is 49.0 Å². The van der Waals surface area contributed by atoms with Crippen LogP contribution < -0.4 is 45.3 Å². The molecule has 1 aromatic heterocycles. The van der Waals surface area contributed by atoms with E-state index >= 15 is 0 Å². The molecule has 1 aromatic rings. The van der Waals surface area contributed by atoms with Crippen LogP contribution in [0.5, 0.6) is 0 Å². The summed E-state index contributed by atoms with van der Waals surface area (Å²) in [5, 5.41) is 17.0. The number of nitrogens with zero attached hydrogens (tertiary/aromatic N) is 1. The fourth-order valence-corrected chi connectivity index (χ4v) is 5.73. The number of carbonyl (C=O) groups excluding carboxylic acids is 3. The van der Waals surface area contributed by atoms with Gasteiger partial charge in [-0.15, -0.1) is 0 Å². The van der Waals surface area contributed by atoms with E-state index in [0.29, 0.717) is 12.1 Å². The molecule has 11 heteroatoms. The summed E-state index contributed by atoms with van der Waals surface area (Å²) in [6.07, 6.45) is 7.75. The third kappa shape index (κ3) is 10.2. The van der Waals surface area contributed by atoms with Crippen molar-refractivity contribution in [2.75, 3.05) is 12.3 Å². The second-order valence-electron chi connectivity index (χ2n) is 6.39. The number of carboxylic acid groups (broad SMARTS) is 1. The Hall–Kier alpha value is -0.680. The van der Waals surface area contributed by atoms with Gasteiger partial charge in [-0.2, -0.15) is 0 Å². The fourth-order valence-electron chi connectivity index (χ4n) is 2.70. The van der Waals surface area contributed by atoms with E-state index in [-0.39, 0.29) is 54.9 Å². The number of unbranched alkanes of at least 4 members (excludes halogenated alkanes) is 1. The van der Waals surface area contributed by atoms with Crippen LogP contribution in [0.1, 0.15) is 44.2 Å². The van der Waals surface area contributed by atoms with Crippen LogP contribution in [0.25, 0.3) is 0 Å². The van der Waals surface area contributed by atoms with Gasteiger partial charge in [0.25, 0.3) is 0 Å². The van der Waals surface area contributed by atoms with E-state index in [9.17, 15) is 19.5 Å². The molecule has 3 N–H and O–H groups in total. The van der Waals surface area contributed by atoms with Crippen LogP contribution in [0.15, 0.2) is 12.5 Å². The van der Waals surface area contributed by atoms with E-state index in [1.165, 1.54) is 24.7 Å². The van der Waals surface area contributed by atoms with E-state index in [4.69, 9.17) is 0 Å². The first-order valence-corrected chi connectivity index (χ1v) is 11.4. The molecule has 1 aliphatic rings. The monoisotopic (exact) mass is 436 g/mol. The normalized spacial score (nSPS) is 16.8. The van der Waals surface area contributed by atoms with Crippen LogP contribution in [0.3, 0.4) is 0 Å². The number of hydrogen-bond acceptors (Lipinski definition) is 7. The Kier molecular flexibility index (Phi) is 13.0. The Balaban J connectivity index is 0.00000392. The average Bonchev–Trinajstić information content (AvgIpc) is 3.32. The molecule has 0 bridgehead atoms. The molecule has 2 atom stereocenters. The molecule has 0 saturated carbocycles. The zero-order chi connectivity index (χ0) is 19.5. The minimum absolute atomic E-state index is 0. The van der Waals surface area contributed by atoms with Gasteiger partial charge in [0.2, 0.25) is 11.8 Å². The summed E-state index contributed by atoms with van der Waals surface area (Å²) in [4.78, 5) is 41.4. The molecule has 1 saturated heterocycles. The molecule has 2 rings (SSSR count). The standard InChI is InChI=1S/C17H26N4O4S2.Na/c22-15(4-2-1-3-13-6-8-26-27-13)19-7-5-16(23)21-14(17(24)25)9-12-10-18-11-20-12;/h10-11,13-14H,1-9H2,(H,18,20)(H,19,22)(H,21,23)(H,24,25);/q;+1/p-1. The second-order valence-corrected chi connectivity index (χ2v) is 9.18. The summed E-state index contributed by atoms with van der Waals surface area (Å²) in [6, 6.07) is -1.14. The molecule has 150 valence electrons. The summed E-state index contributed by atoms with van der Waals surface area (Å²) in [6.45, 7) is 0.184. The van der Waals surface area contributed by atoms with Crippen molar-refractivity contribution in [1.82, 2.24) is 20.6 Å². The number of carbonyl (C=O) groups is 3. The molecular formula is C17H25N4NaO4S2. The van der Waals surface area contributed by atoms with Gasteiger partial charge >= 0.3 is 29.6 Å². The molecule has 0 aromatic carbocycles. The molecule has 28 heavy (non-hydrogen) atoms. The summed E-state index contributed by atoms with van der Waals surface area (Å²) < 4.78 is 0. The van der Waals surface area contributed by atoms with Gasteiger partial charge < -0.3 is 25.5 Å². The average molecular weight is 437 g/mol. The van der Waals surface area contributed by atoms with Crippen molar-refractivity contribution in [2.45, 2.75) is 56.2 Å². The van der Waals surface area contributed by atoms with Gasteiger partial charge in [-0.25, -0.2) is 4.98 Å². The summed E-state index contributed by atoms with van der Waals surface area (Å²) >= 11 is 0. The molecule has 0 radical (unpaired) electrons. The van der Waals surface area contributed by atoms with Gasteiger partial charge in [0.1, 0.15) is 0 Å². The molecule has 1 fully saturated rings. The van der Waals surface area contributed by atoms with E-state index < -0.39 is 17.9 Å². The predicted octanol–water partition coefficient (Wildman–Crippen LogP) is -2.59. The molecule has 8 nitrogen and oxygen atoms in total. The van der Waals surface area contributed by atoms with Crippen molar-refractivity contribution in [1.29, 1.82) is 0 Å². The van der Waals surface area contributed by atoms with Gasteiger partial charge in [0, 0.05) is 48.7 Å². The minimum Gasteiger partial charge on any atom is -0.548 e. The Bertz CT molecular complexity index is 612. The van der Waals surface area contributed by atoms with E-state index in [1.54, 1.807) is 0 Å². The van der Waals surface area contributed by atoms with Crippen LogP contribution in [-0.4, -0.2) is 51.3 Å². The molecule has 2 unspecified atom stereocenters. The summed E-state index contributed by atoms with van der Waals surface area (Å²) in [5.41, 5.74) is 0.590. The Morgan fingerprint density at radius 3 is 2.75 bits per heavy atom. The van der Waals surface area contributed by atoms with Gasteiger partial charge in [-0.3, -0.25) is 9.59 Å². The van der Waals surface area contributed by atoms with Crippen LogP contribution in [-0.2, 0) is 20.8 Å². The predicted molar refractivity (Wildman–Crippen MR) is 104 cm³/mol. The zero-order valence-electron chi connectivity index (χ0n) is 16.1. The molecule has 1 aliphatic heterocycles. The van der Waals surface area contributed by atoms with Crippen molar-refractivity contribution in [3.63, 3.8) is 0 Å². The van der Waals surface area contributed by atoms with E-state index in [0.717, 1.165) is 24.5 Å². The van der Waals surface area contributed by atoms with Crippen LogP contribution >= 0.6 is 21.6 Å². The molecular weight excluding hydrogens is 411 g/mol. The van der Waals surface area contributed by atoms with Gasteiger partial charge in [-0.05, 0) is 19.3 Å².